The number of carbonyl (C=O) groups excluding carboxylic acids is 3. The molecule has 1 aliphatic rings. The Hall–Kier alpha value is -3.86. The van der Waals surface area contributed by atoms with Gasteiger partial charge in [-0.25, -0.2) is 4.79 Å². The Labute approximate surface area is 168 Å². The fourth-order valence-corrected chi connectivity index (χ4v) is 3.14. The molecule has 1 fully saturated rings. The summed E-state index contributed by atoms with van der Waals surface area (Å²) in [5, 5.41) is 17.3. The zero-order valence-electron chi connectivity index (χ0n) is 15.7. The molecule has 0 aliphatic carbocycles. The van der Waals surface area contributed by atoms with Gasteiger partial charge in [-0.1, -0.05) is 36.4 Å². The minimum absolute atomic E-state index is 0.137. The second-order valence-electron chi connectivity index (χ2n) is 6.65. The standard InChI is InChI=1S/C21H21N5O3/c22-12-18-11-15(20(28)24-16-7-3-1-4-8-16)14-26(18)19(27)13-23-21(29)25-17-9-5-2-6-10-17/h1-10,15,18H,11,13-14H2,(H,24,28)(H2,23,25,29). The highest BCUT2D eigenvalue weighted by Crippen LogP contribution is 2.24. The fourth-order valence-electron chi connectivity index (χ4n) is 3.14. The van der Waals surface area contributed by atoms with Crippen molar-refractivity contribution in [2.24, 2.45) is 5.92 Å². The van der Waals surface area contributed by atoms with Crippen molar-refractivity contribution in [3.63, 3.8) is 0 Å². The third-order valence-electron chi connectivity index (χ3n) is 4.61. The van der Waals surface area contributed by atoms with E-state index in [1.54, 1.807) is 36.4 Å². The lowest BCUT2D eigenvalue weighted by Gasteiger charge is -2.20. The average Bonchev–Trinajstić information content (AvgIpc) is 3.18. The van der Waals surface area contributed by atoms with Gasteiger partial charge in [-0.15, -0.1) is 0 Å². The quantitative estimate of drug-likeness (QED) is 0.725. The van der Waals surface area contributed by atoms with Gasteiger partial charge in [-0.2, -0.15) is 5.26 Å². The first-order valence-corrected chi connectivity index (χ1v) is 9.21. The molecule has 0 radical (unpaired) electrons. The number of likely N-dealkylation sites (tertiary alicyclic amines) is 1. The monoisotopic (exact) mass is 391 g/mol. The molecule has 2 unspecified atom stereocenters. The molecule has 148 valence electrons. The van der Waals surface area contributed by atoms with Crippen LogP contribution < -0.4 is 16.0 Å². The molecule has 3 rings (SSSR count). The van der Waals surface area contributed by atoms with Crippen molar-refractivity contribution < 1.29 is 14.4 Å². The number of nitrogens with zero attached hydrogens (tertiary/aromatic N) is 2. The first-order valence-electron chi connectivity index (χ1n) is 9.21. The Bertz CT molecular complexity index is 911. The smallest absolute Gasteiger partial charge is 0.319 e. The third kappa shape index (κ3) is 5.32. The largest absolute Gasteiger partial charge is 0.329 e. The van der Waals surface area contributed by atoms with E-state index in [0.29, 0.717) is 11.4 Å². The molecular formula is C21H21N5O3. The van der Waals surface area contributed by atoms with E-state index in [9.17, 15) is 19.6 Å². The summed E-state index contributed by atoms with van der Waals surface area (Å²) in [6.45, 7) is -0.123. The Morgan fingerprint density at radius 1 is 0.966 bits per heavy atom. The SMILES string of the molecule is N#CC1CC(C(=O)Nc2ccccc2)CN1C(=O)CNC(=O)Nc1ccccc1. The molecule has 0 spiro atoms. The van der Waals surface area contributed by atoms with Crippen LogP contribution in [0.4, 0.5) is 16.2 Å². The van der Waals surface area contributed by atoms with E-state index in [-0.39, 0.29) is 25.4 Å². The summed E-state index contributed by atoms with van der Waals surface area (Å²) < 4.78 is 0. The minimum atomic E-state index is -0.701. The Kier molecular flexibility index (Phi) is 6.43. The van der Waals surface area contributed by atoms with E-state index >= 15 is 0 Å². The average molecular weight is 391 g/mol. The lowest BCUT2D eigenvalue weighted by Crippen LogP contribution is -2.43. The predicted octanol–water partition coefficient (Wildman–Crippen LogP) is 2.19. The first kappa shape index (κ1) is 19.9. The number of rotatable bonds is 5. The summed E-state index contributed by atoms with van der Waals surface area (Å²) >= 11 is 0. The van der Waals surface area contributed by atoms with E-state index in [1.807, 2.05) is 24.3 Å². The lowest BCUT2D eigenvalue weighted by atomic mass is 10.1. The van der Waals surface area contributed by atoms with Crippen LogP contribution in [0.25, 0.3) is 0 Å². The predicted molar refractivity (Wildman–Crippen MR) is 108 cm³/mol. The molecule has 0 aromatic heterocycles. The van der Waals surface area contributed by atoms with Crippen LogP contribution in [0.5, 0.6) is 0 Å². The number of hydrogen-bond donors (Lipinski definition) is 3. The lowest BCUT2D eigenvalue weighted by molar-refractivity contribution is -0.130. The van der Waals surface area contributed by atoms with Gasteiger partial charge in [-0.3, -0.25) is 9.59 Å². The first-order chi connectivity index (χ1) is 14.1. The molecule has 1 aliphatic heterocycles. The molecule has 3 N–H and O–H groups in total. The summed E-state index contributed by atoms with van der Waals surface area (Å²) in [5.74, 6) is -1.13. The molecule has 0 bridgehead atoms. The molecule has 0 saturated carbocycles. The Balaban J connectivity index is 1.52. The molecule has 8 nitrogen and oxygen atoms in total. The van der Waals surface area contributed by atoms with Gasteiger partial charge in [0.25, 0.3) is 0 Å². The van der Waals surface area contributed by atoms with Crippen LogP contribution in [0.3, 0.4) is 0 Å². The maximum atomic E-state index is 12.5. The van der Waals surface area contributed by atoms with Crippen LogP contribution in [0.15, 0.2) is 60.7 Å². The zero-order chi connectivity index (χ0) is 20.6. The van der Waals surface area contributed by atoms with E-state index < -0.39 is 23.9 Å². The second kappa shape index (κ2) is 9.37. The Morgan fingerprint density at radius 2 is 1.55 bits per heavy atom. The second-order valence-corrected chi connectivity index (χ2v) is 6.65. The van der Waals surface area contributed by atoms with E-state index in [0.717, 1.165) is 0 Å². The number of nitrogens with one attached hydrogen (secondary N) is 3. The minimum Gasteiger partial charge on any atom is -0.329 e. The summed E-state index contributed by atoms with van der Waals surface area (Å²) in [6, 6.07) is 18.7. The molecule has 2 aromatic rings. The number of anilines is 2. The van der Waals surface area contributed by atoms with Crippen LogP contribution in [0.1, 0.15) is 6.42 Å². The van der Waals surface area contributed by atoms with Crippen molar-refractivity contribution in [1.29, 1.82) is 5.26 Å². The van der Waals surface area contributed by atoms with Gasteiger partial charge in [0.1, 0.15) is 6.04 Å². The topological polar surface area (TPSA) is 114 Å². The summed E-state index contributed by atoms with van der Waals surface area (Å²) in [6.07, 6.45) is 0.261. The van der Waals surface area contributed by atoms with Gasteiger partial charge < -0.3 is 20.9 Å². The summed E-state index contributed by atoms with van der Waals surface area (Å²) in [7, 11) is 0. The molecule has 2 atom stereocenters. The number of benzene rings is 2. The van der Waals surface area contributed by atoms with Crippen LogP contribution >= 0.6 is 0 Å². The number of hydrogen-bond acceptors (Lipinski definition) is 4. The number of urea groups is 1. The van der Waals surface area contributed by atoms with E-state index in [4.69, 9.17) is 0 Å². The number of nitriles is 1. The molecule has 2 aromatic carbocycles. The molecular weight excluding hydrogens is 370 g/mol. The highest BCUT2D eigenvalue weighted by molar-refractivity contribution is 5.95. The molecule has 29 heavy (non-hydrogen) atoms. The maximum Gasteiger partial charge on any atom is 0.319 e. The normalized spacial score (nSPS) is 17.8. The fraction of sp³-hybridized carbons (Fsp3) is 0.238. The van der Waals surface area contributed by atoms with Crippen molar-refractivity contribution in [3.8, 4) is 6.07 Å². The van der Waals surface area contributed by atoms with E-state index in [2.05, 4.69) is 22.0 Å². The van der Waals surface area contributed by atoms with Gasteiger partial charge in [0.05, 0.1) is 18.5 Å². The van der Waals surface area contributed by atoms with Gasteiger partial charge in [0.15, 0.2) is 0 Å². The molecule has 8 heteroatoms. The van der Waals surface area contributed by atoms with Crippen LogP contribution in [0.2, 0.25) is 0 Å². The van der Waals surface area contributed by atoms with Gasteiger partial charge in [-0.05, 0) is 30.7 Å². The van der Waals surface area contributed by atoms with Crippen LogP contribution in [-0.2, 0) is 9.59 Å². The third-order valence-corrected chi connectivity index (χ3v) is 4.61. The van der Waals surface area contributed by atoms with Crippen molar-refractivity contribution in [2.45, 2.75) is 12.5 Å². The maximum absolute atomic E-state index is 12.5. The van der Waals surface area contributed by atoms with Crippen LogP contribution in [-0.4, -0.2) is 41.9 Å². The van der Waals surface area contributed by atoms with Crippen molar-refractivity contribution >= 4 is 29.2 Å². The van der Waals surface area contributed by atoms with Gasteiger partial charge in [0, 0.05) is 17.9 Å². The molecule has 1 saturated heterocycles. The van der Waals surface area contributed by atoms with Gasteiger partial charge >= 0.3 is 6.03 Å². The Morgan fingerprint density at radius 3 is 2.14 bits per heavy atom. The van der Waals surface area contributed by atoms with Crippen molar-refractivity contribution in [3.05, 3.63) is 60.7 Å². The number of para-hydroxylation sites is 2. The highest BCUT2D eigenvalue weighted by Gasteiger charge is 2.38. The highest BCUT2D eigenvalue weighted by atomic mass is 16.2. The van der Waals surface area contributed by atoms with Crippen molar-refractivity contribution in [2.75, 3.05) is 23.7 Å². The molecule has 4 amide bonds. The van der Waals surface area contributed by atoms with Crippen LogP contribution in [0, 0.1) is 17.2 Å². The van der Waals surface area contributed by atoms with Gasteiger partial charge in [0.2, 0.25) is 11.8 Å². The summed E-state index contributed by atoms with van der Waals surface area (Å²) in [4.78, 5) is 38.3. The van der Waals surface area contributed by atoms with E-state index in [1.165, 1.54) is 4.90 Å². The zero-order valence-corrected chi connectivity index (χ0v) is 15.7. The number of amides is 4. The summed E-state index contributed by atoms with van der Waals surface area (Å²) in [5.41, 5.74) is 1.27. The van der Waals surface area contributed by atoms with Crippen molar-refractivity contribution in [1.82, 2.24) is 10.2 Å². The molecule has 1 heterocycles. The number of carbonyl (C=O) groups is 3.